The van der Waals surface area contributed by atoms with Gasteiger partial charge in [-0.05, 0) is 31.2 Å². The number of anilines is 1. The van der Waals surface area contributed by atoms with Crippen molar-refractivity contribution >= 4 is 17.6 Å². The Morgan fingerprint density at radius 3 is 2.89 bits per heavy atom. The van der Waals surface area contributed by atoms with E-state index < -0.39 is 5.97 Å². The molecule has 5 nitrogen and oxygen atoms in total. The molecule has 1 amide bonds. The molecule has 1 aliphatic heterocycles. The molecule has 0 atom stereocenters. The minimum atomic E-state index is -0.496. The second kappa shape index (κ2) is 5.84. The first-order chi connectivity index (χ1) is 9.10. The van der Waals surface area contributed by atoms with Crippen molar-refractivity contribution in [2.45, 2.75) is 26.4 Å². The molecular weight excluding hydrogens is 244 g/mol. The number of carbonyl (C=O) groups is 2. The minimum Gasteiger partial charge on any atom is -0.466 e. The molecule has 1 N–H and O–H groups in total. The summed E-state index contributed by atoms with van der Waals surface area (Å²) >= 11 is 0. The Labute approximate surface area is 112 Å². The summed E-state index contributed by atoms with van der Waals surface area (Å²) in [6, 6.07) is 5.83. The molecule has 0 spiro atoms. The molecule has 0 aromatic heterocycles. The Hall–Kier alpha value is -1.88. The van der Waals surface area contributed by atoms with Gasteiger partial charge in [0, 0.05) is 18.8 Å². The molecule has 102 valence electrons. The first-order valence-electron chi connectivity index (χ1n) is 6.35. The number of rotatable bonds is 4. The number of nitrogens with one attached hydrogen (secondary N) is 1. The lowest BCUT2D eigenvalue weighted by molar-refractivity contribution is -0.145. The fourth-order valence-electron chi connectivity index (χ4n) is 2.24. The average molecular weight is 262 g/mol. The van der Waals surface area contributed by atoms with Crippen molar-refractivity contribution in [3.63, 3.8) is 0 Å². The van der Waals surface area contributed by atoms with Crippen LogP contribution in [0.25, 0.3) is 0 Å². The SMILES string of the molecule is CCOC(=O)CC(=O)Nc1cccc2c1CN(C)C2. The number of fused-ring (bicyclic) bond motifs is 1. The van der Waals surface area contributed by atoms with Crippen LogP contribution in [0.3, 0.4) is 0 Å². The summed E-state index contributed by atoms with van der Waals surface area (Å²) < 4.78 is 4.75. The van der Waals surface area contributed by atoms with Crippen LogP contribution in [-0.4, -0.2) is 30.4 Å². The van der Waals surface area contributed by atoms with Gasteiger partial charge in [-0.25, -0.2) is 0 Å². The van der Waals surface area contributed by atoms with E-state index in [1.54, 1.807) is 6.92 Å². The Kier molecular flexibility index (Phi) is 4.16. The van der Waals surface area contributed by atoms with E-state index in [-0.39, 0.29) is 18.9 Å². The minimum absolute atomic E-state index is 0.243. The molecule has 1 aliphatic rings. The molecule has 1 aromatic carbocycles. The third kappa shape index (κ3) is 3.32. The molecular formula is C14H18N2O3. The molecule has 0 bridgehead atoms. The number of benzene rings is 1. The van der Waals surface area contributed by atoms with Crippen molar-refractivity contribution in [1.29, 1.82) is 0 Å². The number of hydrogen-bond acceptors (Lipinski definition) is 4. The van der Waals surface area contributed by atoms with Crippen LogP contribution in [0, 0.1) is 0 Å². The number of esters is 1. The maximum absolute atomic E-state index is 11.8. The zero-order chi connectivity index (χ0) is 13.8. The lowest BCUT2D eigenvalue weighted by Gasteiger charge is -2.10. The van der Waals surface area contributed by atoms with E-state index in [9.17, 15) is 9.59 Å². The van der Waals surface area contributed by atoms with Gasteiger partial charge >= 0.3 is 5.97 Å². The summed E-state index contributed by atoms with van der Waals surface area (Å²) in [5.74, 6) is -0.828. The summed E-state index contributed by atoms with van der Waals surface area (Å²) in [5, 5.41) is 2.79. The predicted octanol–water partition coefficient (Wildman–Crippen LogP) is 1.52. The van der Waals surface area contributed by atoms with Gasteiger partial charge in [-0.3, -0.25) is 14.5 Å². The average Bonchev–Trinajstić information content (AvgIpc) is 2.70. The van der Waals surface area contributed by atoms with Gasteiger partial charge in [0.15, 0.2) is 0 Å². The molecule has 0 fully saturated rings. The highest BCUT2D eigenvalue weighted by Crippen LogP contribution is 2.28. The van der Waals surface area contributed by atoms with Crippen LogP contribution >= 0.6 is 0 Å². The second-order valence-electron chi connectivity index (χ2n) is 4.65. The maximum Gasteiger partial charge on any atom is 0.315 e. The van der Waals surface area contributed by atoms with E-state index in [0.717, 1.165) is 24.3 Å². The van der Waals surface area contributed by atoms with Crippen molar-refractivity contribution in [1.82, 2.24) is 4.90 Å². The van der Waals surface area contributed by atoms with Gasteiger partial charge in [-0.1, -0.05) is 12.1 Å². The highest BCUT2D eigenvalue weighted by Gasteiger charge is 2.20. The van der Waals surface area contributed by atoms with E-state index in [1.807, 2.05) is 19.2 Å². The van der Waals surface area contributed by atoms with Crippen LogP contribution in [0.1, 0.15) is 24.5 Å². The number of ether oxygens (including phenoxy) is 1. The molecule has 0 saturated carbocycles. The zero-order valence-electron chi connectivity index (χ0n) is 11.2. The summed E-state index contributed by atoms with van der Waals surface area (Å²) in [5.41, 5.74) is 3.13. The largest absolute Gasteiger partial charge is 0.466 e. The van der Waals surface area contributed by atoms with Crippen molar-refractivity contribution in [3.8, 4) is 0 Å². The Bertz CT molecular complexity index is 499. The molecule has 0 saturated heterocycles. The van der Waals surface area contributed by atoms with Crippen LogP contribution in [0.4, 0.5) is 5.69 Å². The first-order valence-corrected chi connectivity index (χ1v) is 6.35. The molecule has 19 heavy (non-hydrogen) atoms. The molecule has 1 heterocycles. The fourth-order valence-corrected chi connectivity index (χ4v) is 2.24. The summed E-state index contributed by atoms with van der Waals surface area (Å²) in [4.78, 5) is 25.2. The topological polar surface area (TPSA) is 58.6 Å². The van der Waals surface area contributed by atoms with Gasteiger partial charge in [-0.2, -0.15) is 0 Å². The third-order valence-electron chi connectivity index (χ3n) is 3.03. The lowest BCUT2D eigenvalue weighted by Crippen LogP contribution is -2.19. The predicted molar refractivity (Wildman–Crippen MR) is 71.5 cm³/mol. The first kappa shape index (κ1) is 13.5. The maximum atomic E-state index is 11.8. The molecule has 1 aromatic rings. The molecule has 0 aliphatic carbocycles. The van der Waals surface area contributed by atoms with Crippen LogP contribution in [0.2, 0.25) is 0 Å². The number of carbonyl (C=O) groups excluding carboxylic acids is 2. The van der Waals surface area contributed by atoms with Crippen LogP contribution in [-0.2, 0) is 27.4 Å². The van der Waals surface area contributed by atoms with E-state index in [1.165, 1.54) is 5.56 Å². The smallest absolute Gasteiger partial charge is 0.315 e. The second-order valence-corrected chi connectivity index (χ2v) is 4.65. The number of amides is 1. The highest BCUT2D eigenvalue weighted by atomic mass is 16.5. The van der Waals surface area contributed by atoms with E-state index >= 15 is 0 Å². The number of hydrogen-bond donors (Lipinski definition) is 1. The van der Waals surface area contributed by atoms with Crippen molar-refractivity contribution in [3.05, 3.63) is 29.3 Å². The zero-order valence-corrected chi connectivity index (χ0v) is 11.2. The molecule has 2 rings (SSSR count). The van der Waals surface area contributed by atoms with Crippen LogP contribution < -0.4 is 5.32 Å². The van der Waals surface area contributed by atoms with E-state index in [0.29, 0.717) is 0 Å². The standard InChI is InChI=1S/C14H18N2O3/c1-3-19-14(18)7-13(17)15-12-6-4-5-10-8-16(2)9-11(10)12/h4-6H,3,7-9H2,1-2H3,(H,15,17). The lowest BCUT2D eigenvalue weighted by atomic mass is 10.1. The Morgan fingerprint density at radius 1 is 1.37 bits per heavy atom. The summed E-state index contributed by atoms with van der Waals surface area (Å²) in [6.45, 7) is 3.70. The summed E-state index contributed by atoms with van der Waals surface area (Å²) in [7, 11) is 2.03. The normalized spacial score (nSPS) is 14.0. The summed E-state index contributed by atoms with van der Waals surface area (Å²) in [6.07, 6.45) is -0.243. The van der Waals surface area contributed by atoms with Gasteiger partial charge in [0.25, 0.3) is 0 Å². The van der Waals surface area contributed by atoms with E-state index in [2.05, 4.69) is 16.3 Å². The van der Waals surface area contributed by atoms with Crippen molar-refractivity contribution in [2.24, 2.45) is 0 Å². The van der Waals surface area contributed by atoms with Gasteiger partial charge in [-0.15, -0.1) is 0 Å². The van der Waals surface area contributed by atoms with Crippen molar-refractivity contribution in [2.75, 3.05) is 19.0 Å². The van der Waals surface area contributed by atoms with Gasteiger partial charge in [0.05, 0.1) is 6.61 Å². The monoisotopic (exact) mass is 262 g/mol. The number of nitrogens with zero attached hydrogens (tertiary/aromatic N) is 1. The molecule has 0 unspecified atom stereocenters. The van der Waals surface area contributed by atoms with Gasteiger partial charge in [0.2, 0.25) is 5.91 Å². The van der Waals surface area contributed by atoms with Gasteiger partial charge in [0.1, 0.15) is 6.42 Å². The highest BCUT2D eigenvalue weighted by molar-refractivity contribution is 6.02. The fraction of sp³-hybridized carbons (Fsp3) is 0.429. The molecule has 5 heteroatoms. The van der Waals surface area contributed by atoms with Gasteiger partial charge < -0.3 is 10.1 Å². The van der Waals surface area contributed by atoms with Crippen molar-refractivity contribution < 1.29 is 14.3 Å². The van der Waals surface area contributed by atoms with E-state index in [4.69, 9.17) is 4.74 Å². The molecule has 0 radical (unpaired) electrons. The Balaban J connectivity index is 2.02. The quantitative estimate of drug-likeness (QED) is 0.660. The third-order valence-corrected chi connectivity index (χ3v) is 3.03. The Morgan fingerprint density at radius 2 is 2.16 bits per heavy atom. The van der Waals surface area contributed by atoms with Crippen LogP contribution in [0.15, 0.2) is 18.2 Å². The van der Waals surface area contributed by atoms with Crippen LogP contribution in [0.5, 0.6) is 0 Å².